The van der Waals surface area contributed by atoms with Crippen LogP contribution in [0, 0.1) is 5.82 Å². The van der Waals surface area contributed by atoms with Gasteiger partial charge in [0.25, 0.3) is 5.89 Å². The second-order valence-electron chi connectivity index (χ2n) is 3.37. The Kier molecular flexibility index (Phi) is 3.02. The Morgan fingerprint density at radius 2 is 2.25 bits per heavy atom. The fourth-order valence-corrected chi connectivity index (χ4v) is 1.55. The first-order chi connectivity index (χ1) is 7.58. The minimum absolute atomic E-state index is 0.131. The van der Waals surface area contributed by atoms with Crippen LogP contribution in [-0.2, 0) is 0 Å². The van der Waals surface area contributed by atoms with E-state index in [0.29, 0.717) is 5.82 Å². The number of nitrogens with two attached hydrogens (primary N) is 1. The van der Waals surface area contributed by atoms with Gasteiger partial charge < -0.3 is 10.3 Å². The summed E-state index contributed by atoms with van der Waals surface area (Å²) >= 11 is 3.25. The monoisotopic (exact) mass is 285 g/mol. The van der Waals surface area contributed by atoms with E-state index in [1.165, 1.54) is 6.07 Å². The highest BCUT2D eigenvalue weighted by Crippen LogP contribution is 2.25. The molecule has 1 atom stereocenters. The van der Waals surface area contributed by atoms with E-state index in [9.17, 15) is 4.39 Å². The van der Waals surface area contributed by atoms with E-state index < -0.39 is 5.82 Å². The molecular formula is C10H9BrFN3O. The van der Waals surface area contributed by atoms with E-state index in [4.69, 9.17) is 10.3 Å². The molecule has 0 fully saturated rings. The molecule has 0 bridgehead atoms. The molecule has 0 saturated carbocycles. The minimum Gasteiger partial charge on any atom is -0.334 e. The number of halogens is 2. The van der Waals surface area contributed by atoms with E-state index in [1.807, 2.05) is 0 Å². The van der Waals surface area contributed by atoms with Crippen LogP contribution in [0.2, 0.25) is 0 Å². The Labute approximate surface area is 99.8 Å². The smallest absolute Gasteiger partial charge is 0.260 e. The first-order valence-corrected chi connectivity index (χ1v) is 5.42. The van der Waals surface area contributed by atoms with Crippen LogP contribution in [-0.4, -0.2) is 10.1 Å². The van der Waals surface area contributed by atoms with Gasteiger partial charge in [0.15, 0.2) is 5.82 Å². The lowest BCUT2D eigenvalue weighted by atomic mass is 10.2. The van der Waals surface area contributed by atoms with Gasteiger partial charge in [0.1, 0.15) is 5.82 Å². The van der Waals surface area contributed by atoms with Crippen molar-refractivity contribution in [2.24, 2.45) is 5.73 Å². The van der Waals surface area contributed by atoms with Gasteiger partial charge in [-0.3, -0.25) is 0 Å². The van der Waals surface area contributed by atoms with Crippen molar-refractivity contribution in [3.63, 3.8) is 0 Å². The molecule has 4 nitrogen and oxygen atoms in total. The van der Waals surface area contributed by atoms with Crippen LogP contribution in [0.5, 0.6) is 0 Å². The molecule has 1 aromatic heterocycles. The van der Waals surface area contributed by atoms with Crippen molar-refractivity contribution in [1.29, 1.82) is 0 Å². The largest absolute Gasteiger partial charge is 0.334 e. The zero-order valence-corrected chi connectivity index (χ0v) is 10.0. The van der Waals surface area contributed by atoms with Gasteiger partial charge in [-0.1, -0.05) is 21.1 Å². The molecule has 84 valence electrons. The fraction of sp³-hybridized carbons (Fsp3) is 0.200. The van der Waals surface area contributed by atoms with Crippen molar-refractivity contribution in [2.75, 3.05) is 0 Å². The summed E-state index contributed by atoms with van der Waals surface area (Å²) in [5.74, 6) is 0.0727. The summed E-state index contributed by atoms with van der Waals surface area (Å²) in [5, 5.41) is 3.67. The Morgan fingerprint density at radius 3 is 2.88 bits per heavy atom. The van der Waals surface area contributed by atoms with Crippen LogP contribution in [0.4, 0.5) is 4.39 Å². The summed E-state index contributed by atoms with van der Waals surface area (Å²) in [4.78, 5) is 4.02. The SMILES string of the molecule is CC(N)c1noc(-c2cc(Br)ccc2F)n1. The highest BCUT2D eigenvalue weighted by Gasteiger charge is 2.15. The number of hydrogen-bond acceptors (Lipinski definition) is 4. The third-order valence-electron chi connectivity index (χ3n) is 2.01. The van der Waals surface area contributed by atoms with Gasteiger partial charge in [-0.05, 0) is 25.1 Å². The molecular weight excluding hydrogens is 277 g/mol. The molecule has 1 aromatic carbocycles. The maximum absolute atomic E-state index is 13.5. The molecule has 0 saturated heterocycles. The number of rotatable bonds is 2. The molecule has 0 spiro atoms. The Balaban J connectivity index is 2.46. The van der Waals surface area contributed by atoms with Gasteiger partial charge in [0.2, 0.25) is 0 Å². The number of nitrogens with zero attached hydrogens (tertiary/aromatic N) is 2. The number of benzene rings is 1. The predicted octanol–water partition coefficient (Wildman–Crippen LogP) is 2.66. The standard InChI is InChI=1S/C10H9BrFN3O/c1-5(13)9-14-10(16-15-9)7-4-6(11)2-3-8(7)12/h2-5H,13H2,1H3. The van der Waals surface area contributed by atoms with E-state index >= 15 is 0 Å². The highest BCUT2D eigenvalue weighted by atomic mass is 79.9. The highest BCUT2D eigenvalue weighted by molar-refractivity contribution is 9.10. The number of hydrogen-bond donors (Lipinski definition) is 1. The molecule has 1 heterocycles. The normalized spacial score (nSPS) is 12.8. The van der Waals surface area contributed by atoms with Gasteiger partial charge in [-0.25, -0.2) is 4.39 Å². The molecule has 0 aliphatic carbocycles. The van der Waals surface area contributed by atoms with E-state index in [2.05, 4.69) is 26.1 Å². The lowest BCUT2D eigenvalue weighted by Crippen LogP contribution is -2.06. The molecule has 2 rings (SSSR count). The second kappa shape index (κ2) is 4.31. The molecule has 0 radical (unpaired) electrons. The Morgan fingerprint density at radius 1 is 1.50 bits per heavy atom. The van der Waals surface area contributed by atoms with Crippen LogP contribution in [0.3, 0.4) is 0 Å². The van der Waals surface area contributed by atoms with Crippen molar-refractivity contribution in [3.8, 4) is 11.5 Å². The maximum atomic E-state index is 13.5. The Bertz CT molecular complexity index is 513. The summed E-state index contributed by atoms with van der Waals surface area (Å²) in [6, 6.07) is 4.16. The molecule has 2 N–H and O–H groups in total. The zero-order valence-electron chi connectivity index (χ0n) is 8.45. The Hall–Kier alpha value is -1.27. The van der Waals surface area contributed by atoms with Gasteiger partial charge >= 0.3 is 0 Å². The third kappa shape index (κ3) is 2.12. The van der Waals surface area contributed by atoms with Crippen LogP contribution < -0.4 is 5.73 Å². The quantitative estimate of drug-likeness (QED) is 0.921. The lowest BCUT2D eigenvalue weighted by Gasteiger charge is -1.97. The molecule has 6 heteroatoms. The van der Waals surface area contributed by atoms with E-state index in [-0.39, 0.29) is 17.5 Å². The fourth-order valence-electron chi connectivity index (χ4n) is 1.19. The van der Waals surface area contributed by atoms with Crippen LogP contribution in [0.1, 0.15) is 18.8 Å². The molecule has 0 aliphatic rings. The second-order valence-corrected chi connectivity index (χ2v) is 4.29. The summed E-state index contributed by atoms with van der Waals surface area (Å²) in [5.41, 5.74) is 5.84. The van der Waals surface area contributed by atoms with Crippen molar-refractivity contribution < 1.29 is 8.91 Å². The van der Waals surface area contributed by atoms with Gasteiger partial charge in [0, 0.05) is 4.47 Å². The zero-order chi connectivity index (χ0) is 11.7. The number of aromatic nitrogens is 2. The summed E-state index contributed by atoms with van der Waals surface area (Å²) < 4.78 is 19.2. The van der Waals surface area contributed by atoms with Gasteiger partial charge in [-0.2, -0.15) is 4.98 Å². The average Bonchev–Trinajstić information content (AvgIpc) is 2.70. The maximum Gasteiger partial charge on any atom is 0.260 e. The van der Waals surface area contributed by atoms with Crippen molar-refractivity contribution >= 4 is 15.9 Å². The molecule has 0 aliphatic heterocycles. The summed E-state index contributed by atoms with van der Waals surface area (Å²) in [6.07, 6.45) is 0. The van der Waals surface area contributed by atoms with Crippen LogP contribution in [0.15, 0.2) is 27.2 Å². The van der Waals surface area contributed by atoms with Crippen molar-refractivity contribution in [2.45, 2.75) is 13.0 Å². The van der Waals surface area contributed by atoms with Gasteiger partial charge in [0.05, 0.1) is 11.6 Å². The predicted molar refractivity (Wildman–Crippen MR) is 60.0 cm³/mol. The molecule has 0 amide bonds. The van der Waals surface area contributed by atoms with Crippen molar-refractivity contribution in [3.05, 3.63) is 34.3 Å². The van der Waals surface area contributed by atoms with E-state index in [0.717, 1.165) is 4.47 Å². The average molecular weight is 286 g/mol. The van der Waals surface area contributed by atoms with Crippen LogP contribution >= 0.6 is 15.9 Å². The first kappa shape index (κ1) is 11.2. The molecule has 2 aromatic rings. The summed E-state index contributed by atoms with van der Waals surface area (Å²) in [6.45, 7) is 1.73. The first-order valence-electron chi connectivity index (χ1n) is 4.62. The topological polar surface area (TPSA) is 64.9 Å². The third-order valence-corrected chi connectivity index (χ3v) is 2.50. The van der Waals surface area contributed by atoms with Crippen LogP contribution in [0.25, 0.3) is 11.5 Å². The molecule has 1 unspecified atom stereocenters. The van der Waals surface area contributed by atoms with Crippen molar-refractivity contribution in [1.82, 2.24) is 10.1 Å². The van der Waals surface area contributed by atoms with E-state index in [1.54, 1.807) is 19.1 Å². The lowest BCUT2D eigenvalue weighted by molar-refractivity contribution is 0.416. The summed E-state index contributed by atoms with van der Waals surface area (Å²) in [7, 11) is 0. The molecule has 16 heavy (non-hydrogen) atoms. The van der Waals surface area contributed by atoms with Gasteiger partial charge in [-0.15, -0.1) is 0 Å². The minimum atomic E-state index is -0.414.